The van der Waals surface area contributed by atoms with Gasteiger partial charge in [-0.25, -0.2) is 0 Å². The largest absolute Gasteiger partial charge is 0.309 e. The first-order valence-electron chi connectivity index (χ1n) is 8.66. The number of hydrogen-bond acceptors (Lipinski definition) is 0. The Morgan fingerprint density at radius 1 is 0.577 bits per heavy atom. The smallest absolute Gasteiger partial charge is 0.0552 e. The number of nitrogens with zero attached hydrogens (tertiary/aromatic N) is 1. The van der Waals surface area contributed by atoms with Crippen LogP contribution in [-0.4, -0.2) is 4.57 Å². The van der Waals surface area contributed by atoms with Crippen LogP contribution in [0.4, 0.5) is 0 Å². The molecule has 124 valence electrons. The summed E-state index contributed by atoms with van der Waals surface area (Å²) < 4.78 is 3.46. The lowest BCUT2D eigenvalue weighted by Gasteiger charge is -2.14. The molecule has 0 fully saturated rings. The minimum Gasteiger partial charge on any atom is -0.309 e. The molecule has 5 rings (SSSR count). The number of hydrogen-bond donors (Lipinski definition) is 0. The van der Waals surface area contributed by atoms with Gasteiger partial charge in [0.25, 0.3) is 0 Å². The van der Waals surface area contributed by atoms with Gasteiger partial charge >= 0.3 is 0 Å². The van der Waals surface area contributed by atoms with Crippen LogP contribution in [0.5, 0.6) is 0 Å². The van der Waals surface area contributed by atoms with Crippen molar-refractivity contribution in [1.29, 1.82) is 0 Å². The van der Waals surface area contributed by atoms with Crippen LogP contribution in [0.3, 0.4) is 0 Å². The van der Waals surface area contributed by atoms with E-state index in [0.717, 1.165) is 4.47 Å². The van der Waals surface area contributed by atoms with Gasteiger partial charge in [0, 0.05) is 20.8 Å². The van der Waals surface area contributed by atoms with Gasteiger partial charge in [-0.2, -0.15) is 0 Å². The van der Waals surface area contributed by atoms with Gasteiger partial charge < -0.3 is 4.57 Å². The van der Waals surface area contributed by atoms with Gasteiger partial charge in [-0.15, -0.1) is 0 Å². The van der Waals surface area contributed by atoms with Crippen molar-refractivity contribution in [1.82, 2.24) is 4.57 Å². The van der Waals surface area contributed by atoms with Crippen molar-refractivity contribution in [2.24, 2.45) is 0 Å². The SMILES string of the molecule is Brc1ccc2c3ccccc3n(-c3ccccc3-c3ccccc3)c2c1. The summed E-state index contributed by atoms with van der Waals surface area (Å²) >= 11 is 3.65. The van der Waals surface area contributed by atoms with Crippen molar-refractivity contribution in [3.63, 3.8) is 0 Å². The number of benzene rings is 4. The average Bonchev–Trinajstić information content (AvgIpc) is 3.02. The van der Waals surface area contributed by atoms with E-state index < -0.39 is 0 Å². The second-order valence-electron chi connectivity index (χ2n) is 6.40. The van der Waals surface area contributed by atoms with E-state index in [2.05, 4.69) is 118 Å². The van der Waals surface area contributed by atoms with Gasteiger partial charge in [0.15, 0.2) is 0 Å². The lowest BCUT2D eigenvalue weighted by atomic mass is 10.0. The fourth-order valence-corrected chi connectivity index (χ4v) is 4.08. The number of halogens is 1. The molecule has 26 heavy (non-hydrogen) atoms. The maximum absolute atomic E-state index is 3.65. The molecule has 0 aliphatic heterocycles. The van der Waals surface area contributed by atoms with E-state index in [1.807, 2.05) is 0 Å². The lowest BCUT2D eigenvalue weighted by molar-refractivity contribution is 1.18. The lowest BCUT2D eigenvalue weighted by Crippen LogP contribution is -1.96. The molecule has 0 unspecified atom stereocenters. The molecule has 1 nitrogen and oxygen atoms in total. The number of rotatable bonds is 2. The van der Waals surface area contributed by atoms with Crippen LogP contribution in [0.1, 0.15) is 0 Å². The van der Waals surface area contributed by atoms with E-state index in [9.17, 15) is 0 Å². The minimum atomic E-state index is 1.09. The summed E-state index contributed by atoms with van der Waals surface area (Å²) in [6.45, 7) is 0. The molecule has 0 radical (unpaired) electrons. The fraction of sp³-hybridized carbons (Fsp3) is 0. The standard InChI is InChI=1S/C24H16BrN/c25-18-14-15-21-20-11-5-7-13-23(20)26(24(21)16-18)22-12-6-4-10-19(22)17-8-2-1-3-9-17/h1-16H. The molecule has 1 aromatic heterocycles. The first-order valence-corrected chi connectivity index (χ1v) is 9.46. The van der Waals surface area contributed by atoms with Crippen molar-refractivity contribution in [3.8, 4) is 16.8 Å². The Labute approximate surface area is 160 Å². The van der Waals surface area contributed by atoms with Crippen LogP contribution in [0.2, 0.25) is 0 Å². The van der Waals surface area contributed by atoms with Crippen molar-refractivity contribution >= 4 is 37.7 Å². The second-order valence-corrected chi connectivity index (χ2v) is 7.31. The maximum Gasteiger partial charge on any atom is 0.0552 e. The Morgan fingerprint density at radius 2 is 1.27 bits per heavy atom. The van der Waals surface area contributed by atoms with Crippen molar-refractivity contribution in [2.45, 2.75) is 0 Å². The highest BCUT2D eigenvalue weighted by Gasteiger charge is 2.15. The quantitative estimate of drug-likeness (QED) is 0.296. The zero-order chi connectivity index (χ0) is 17.5. The van der Waals surface area contributed by atoms with Crippen molar-refractivity contribution in [3.05, 3.63) is 102 Å². The van der Waals surface area contributed by atoms with Crippen LogP contribution in [0.15, 0.2) is 102 Å². The molecule has 0 saturated heterocycles. The number of fused-ring (bicyclic) bond motifs is 3. The van der Waals surface area contributed by atoms with Gasteiger partial charge in [0.1, 0.15) is 0 Å². The second kappa shape index (κ2) is 6.15. The zero-order valence-corrected chi connectivity index (χ0v) is 15.6. The molecule has 0 saturated carbocycles. The Kier molecular flexibility index (Phi) is 3.65. The molecule has 5 aromatic rings. The van der Waals surface area contributed by atoms with Gasteiger partial charge in [-0.05, 0) is 29.8 Å². The Hall–Kier alpha value is -2.84. The third-order valence-electron chi connectivity index (χ3n) is 4.87. The van der Waals surface area contributed by atoms with Crippen LogP contribution in [-0.2, 0) is 0 Å². The zero-order valence-electron chi connectivity index (χ0n) is 14.1. The van der Waals surface area contributed by atoms with Gasteiger partial charge in [-0.3, -0.25) is 0 Å². The molecule has 0 N–H and O–H groups in total. The third kappa shape index (κ3) is 2.38. The normalized spacial score (nSPS) is 11.3. The summed E-state index contributed by atoms with van der Waals surface area (Å²) in [6, 6.07) is 34.3. The van der Waals surface area contributed by atoms with Crippen LogP contribution >= 0.6 is 15.9 Å². The molecule has 2 heteroatoms. The summed E-state index contributed by atoms with van der Waals surface area (Å²) in [5, 5.41) is 2.55. The van der Waals surface area contributed by atoms with E-state index in [1.165, 1.54) is 38.6 Å². The number of aromatic nitrogens is 1. The molecule has 0 aliphatic rings. The third-order valence-corrected chi connectivity index (χ3v) is 5.36. The minimum absolute atomic E-state index is 1.09. The summed E-state index contributed by atoms with van der Waals surface area (Å²) in [6.07, 6.45) is 0. The summed E-state index contributed by atoms with van der Waals surface area (Å²) in [5.41, 5.74) is 6.09. The van der Waals surface area contributed by atoms with Crippen LogP contribution in [0, 0.1) is 0 Å². The molecule has 0 aliphatic carbocycles. The molecule has 0 amide bonds. The summed E-state index contributed by atoms with van der Waals surface area (Å²) in [7, 11) is 0. The monoisotopic (exact) mass is 397 g/mol. The summed E-state index contributed by atoms with van der Waals surface area (Å²) in [4.78, 5) is 0. The number of para-hydroxylation sites is 2. The topological polar surface area (TPSA) is 4.93 Å². The van der Waals surface area contributed by atoms with E-state index in [0.29, 0.717) is 0 Å². The van der Waals surface area contributed by atoms with Gasteiger partial charge in [0.05, 0.1) is 16.7 Å². The Morgan fingerprint density at radius 3 is 2.15 bits per heavy atom. The highest BCUT2D eigenvalue weighted by Crippen LogP contribution is 2.36. The Bertz CT molecular complexity index is 1240. The first kappa shape index (κ1) is 15.4. The molecule has 4 aromatic carbocycles. The predicted octanol–water partition coefficient (Wildman–Crippen LogP) is 7.21. The highest BCUT2D eigenvalue weighted by atomic mass is 79.9. The molecule has 0 bridgehead atoms. The molecular weight excluding hydrogens is 382 g/mol. The fourth-order valence-electron chi connectivity index (χ4n) is 3.73. The average molecular weight is 398 g/mol. The molecule has 1 heterocycles. The van der Waals surface area contributed by atoms with Crippen molar-refractivity contribution < 1.29 is 0 Å². The van der Waals surface area contributed by atoms with E-state index in [1.54, 1.807) is 0 Å². The Balaban J connectivity index is 1.93. The van der Waals surface area contributed by atoms with Crippen LogP contribution < -0.4 is 0 Å². The molecular formula is C24H16BrN. The van der Waals surface area contributed by atoms with E-state index in [-0.39, 0.29) is 0 Å². The highest BCUT2D eigenvalue weighted by molar-refractivity contribution is 9.10. The predicted molar refractivity (Wildman–Crippen MR) is 114 cm³/mol. The van der Waals surface area contributed by atoms with Gasteiger partial charge in [0.2, 0.25) is 0 Å². The molecule has 0 spiro atoms. The van der Waals surface area contributed by atoms with E-state index >= 15 is 0 Å². The first-order chi connectivity index (χ1) is 12.8. The summed E-state index contributed by atoms with van der Waals surface area (Å²) in [5.74, 6) is 0. The van der Waals surface area contributed by atoms with E-state index in [4.69, 9.17) is 0 Å². The van der Waals surface area contributed by atoms with Gasteiger partial charge in [-0.1, -0.05) is 88.7 Å². The molecule has 0 atom stereocenters. The van der Waals surface area contributed by atoms with Crippen LogP contribution in [0.25, 0.3) is 38.6 Å². The van der Waals surface area contributed by atoms with Crippen molar-refractivity contribution in [2.75, 3.05) is 0 Å². The maximum atomic E-state index is 3.65.